The molecule has 21 heavy (non-hydrogen) atoms. The van der Waals surface area contributed by atoms with Crippen LogP contribution in [0.15, 0.2) is 42.6 Å². The molecule has 3 N–H and O–H groups in total. The zero-order valence-electron chi connectivity index (χ0n) is 11.1. The summed E-state index contributed by atoms with van der Waals surface area (Å²) >= 11 is 0. The number of hydrogen-bond acceptors (Lipinski definition) is 4. The minimum Gasteiger partial charge on any atom is -0.508 e. The summed E-state index contributed by atoms with van der Waals surface area (Å²) < 4.78 is 0. The van der Waals surface area contributed by atoms with Crippen LogP contribution in [-0.2, 0) is 11.2 Å². The Morgan fingerprint density at radius 3 is 2.62 bits per heavy atom. The van der Waals surface area contributed by atoms with Gasteiger partial charge in [-0.2, -0.15) is 0 Å². The summed E-state index contributed by atoms with van der Waals surface area (Å²) in [5.41, 5.74) is 0.598. The van der Waals surface area contributed by atoms with E-state index in [4.69, 9.17) is 5.11 Å². The summed E-state index contributed by atoms with van der Waals surface area (Å²) in [4.78, 5) is 26.7. The molecule has 108 valence electrons. The Labute approximate surface area is 121 Å². The van der Waals surface area contributed by atoms with Crippen molar-refractivity contribution in [3.63, 3.8) is 0 Å². The first kappa shape index (κ1) is 14.5. The van der Waals surface area contributed by atoms with Crippen molar-refractivity contribution in [1.82, 2.24) is 4.98 Å². The molecule has 0 bridgehead atoms. The van der Waals surface area contributed by atoms with Crippen molar-refractivity contribution in [3.8, 4) is 5.75 Å². The molecule has 6 heteroatoms. The molecule has 0 spiro atoms. The monoisotopic (exact) mass is 286 g/mol. The van der Waals surface area contributed by atoms with Gasteiger partial charge >= 0.3 is 5.97 Å². The standard InChI is InChI=1S/C15H14N2O4/c18-12-6-2-1-4-10(12)7-8-13(19)17-14-11(15(20)21)5-3-9-16-14/h1-6,9,18H,7-8H2,(H,20,21)(H,16,17,19). The first-order chi connectivity index (χ1) is 10.1. The lowest BCUT2D eigenvalue weighted by atomic mass is 10.1. The lowest BCUT2D eigenvalue weighted by Crippen LogP contribution is -2.16. The van der Waals surface area contributed by atoms with E-state index in [1.165, 1.54) is 18.3 Å². The van der Waals surface area contributed by atoms with Crippen molar-refractivity contribution in [3.05, 3.63) is 53.7 Å². The first-order valence-corrected chi connectivity index (χ1v) is 6.33. The van der Waals surface area contributed by atoms with E-state index < -0.39 is 5.97 Å². The molecular weight excluding hydrogens is 272 g/mol. The number of phenolic OH excluding ortho intramolecular Hbond substituents is 1. The van der Waals surface area contributed by atoms with Gasteiger partial charge in [-0.05, 0) is 30.2 Å². The smallest absolute Gasteiger partial charge is 0.339 e. The van der Waals surface area contributed by atoms with Crippen LogP contribution in [0.5, 0.6) is 5.75 Å². The molecule has 0 radical (unpaired) electrons. The summed E-state index contributed by atoms with van der Waals surface area (Å²) in [6, 6.07) is 9.61. The molecule has 0 aliphatic rings. The van der Waals surface area contributed by atoms with Gasteiger partial charge in [0.1, 0.15) is 17.1 Å². The molecule has 0 fully saturated rings. The molecule has 2 aromatic rings. The third kappa shape index (κ3) is 3.79. The van der Waals surface area contributed by atoms with Crippen LogP contribution in [-0.4, -0.2) is 27.1 Å². The number of phenols is 1. The highest BCUT2D eigenvalue weighted by Crippen LogP contribution is 2.18. The molecule has 1 aromatic carbocycles. The van der Waals surface area contributed by atoms with Crippen LogP contribution in [0, 0.1) is 0 Å². The number of aromatic hydroxyl groups is 1. The van der Waals surface area contributed by atoms with E-state index in [1.54, 1.807) is 24.3 Å². The minimum atomic E-state index is -1.15. The van der Waals surface area contributed by atoms with Gasteiger partial charge in [-0.1, -0.05) is 18.2 Å². The van der Waals surface area contributed by atoms with Crippen LogP contribution in [0.1, 0.15) is 22.3 Å². The molecule has 1 aromatic heterocycles. The molecule has 0 aliphatic heterocycles. The van der Waals surface area contributed by atoms with Gasteiger partial charge in [0.2, 0.25) is 5.91 Å². The molecule has 0 saturated heterocycles. The number of hydrogen-bond donors (Lipinski definition) is 3. The number of carbonyl (C=O) groups is 2. The fourth-order valence-corrected chi connectivity index (χ4v) is 1.84. The van der Waals surface area contributed by atoms with Gasteiger partial charge in [0.25, 0.3) is 0 Å². The Balaban J connectivity index is 2.00. The van der Waals surface area contributed by atoms with E-state index >= 15 is 0 Å². The largest absolute Gasteiger partial charge is 0.508 e. The number of rotatable bonds is 5. The predicted octanol–water partition coefficient (Wildman–Crippen LogP) is 2.06. The van der Waals surface area contributed by atoms with Crippen LogP contribution in [0.3, 0.4) is 0 Å². The number of para-hydroxylation sites is 1. The van der Waals surface area contributed by atoms with Gasteiger partial charge in [0, 0.05) is 12.6 Å². The van der Waals surface area contributed by atoms with E-state index in [0.29, 0.717) is 12.0 Å². The molecule has 0 atom stereocenters. The highest BCUT2D eigenvalue weighted by atomic mass is 16.4. The lowest BCUT2D eigenvalue weighted by Gasteiger charge is -2.07. The quantitative estimate of drug-likeness (QED) is 0.781. The SMILES string of the molecule is O=C(CCc1ccccc1O)Nc1ncccc1C(=O)O. The minimum absolute atomic E-state index is 0.0206. The van der Waals surface area contributed by atoms with Crippen LogP contribution >= 0.6 is 0 Å². The van der Waals surface area contributed by atoms with Crippen molar-refractivity contribution in [1.29, 1.82) is 0 Å². The lowest BCUT2D eigenvalue weighted by molar-refractivity contribution is -0.116. The normalized spacial score (nSPS) is 10.1. The van der Waals surface area contributed by atoms with E-state index in [0.717, 1.165) is 0 Å². The topological polar surface area (TPSA) is 99.5 Å². The van der Waals surface area contributed by atoms with Crippen LogP contribution in [0.4, 0.5) is 5.82 Å². The van der Waals surface area contributed by atoms with E-state index in [1.807, 2.05) is 0 Å². The van der Waals surface area contributed by atoms with Crippen molar-refractivity contribution >= 4 is 17.7 Å². The van der Waals surface area contributed by atoms with Crippen molar-refractivity contribution in [2.75, 3.05) is 5.32 Å². The number of aryl methyl sites for hydroxylation is 1. The number of anilines is 1. The summed E-state index contributed by atoms with van der Waals surface area (Å²) in [6.45, 7) is 0. The first-order valence-electron chi connectivity index (χ1n) is 6.33. The Hall–Kier alpha value is -2.89. The van der Waals surface area contributed by atoms with E-state index in [2.05, 4.69) is 10.3 Å². The molecule has 0 saturated carbocycles. The molecular formula is C15H14N2O4. The second-order valence-electron chi connectivity index (χ2n) is 4.38. The highest BCUT2D eigenvalue weighted by Gasteiger charge is 2.13. The molecule has 0 aliphatic carbocycles. The van der Waals surface area contributed by atoms with E-state index in [9.17, 15) is 14.7 Å². The summed E-state index contributed by atoms with van der Waals surface area (Å²) in [6.07, 6.45) is 1.88. The maximum atomic E-state index is 11.8. The van der Waals surface area contributed by atoms with Gasteiger partial charge in [-0.3, -0.25) is 4.79 Å². The predicted molar refractivity (Wildman–Crippen MR) is 76.3 cm³/mol. The summed E-state index contributed by atoms with van der Waals surface area (Å²) in [5.74, 6) is -1.36. The number of amides is 1. The second kappa shape index (κ2) is 6.51. The fourth-order valence-electron chi connectivity index (χ4n) is 1.84. The third-order valence-corrected chi connectivity index (χ3v) is 2.91. The Morgan fingerprint density at radius 2 is 1.90 bits per heavy atom. The number of aromatic carboxylic acids is 1. The summed E-state index contributed by atoms with van der Waals surface area (Å²) in [5, 5.41) is 21.1. The van der Waals surface area contributed by atoms with Crippen molar-refractivity contribution < 1.29 is 19.8 Å². The van der Waals surface area contributed by atoms with Crippen LogP contribution < -0.4 is 5.32 Å². The number of carboxylic acids is 1. The van der Waals surface area contributed by atoms with Gasteiger partial charge in [0.15, 0.2) is 0 Å². The van der Waals surface area contributed by atoms with Gasteiger partial charge in [-0.25, -0.2) is 9.78 Å². The maximum Gasteiger partial charge on any atom is 0.339 e. The Kier molecular flexibility index (Phi) is 4.50. The number of carboxylic acid groups (broad SMARTS) is 1. The molecule has 2 rings (SSSR count). The second-order valence-corrected chi connectivity index (χ2v) is 4.38. The zero-order chi connectivity index (χ0) is 15.2. The fraction of sp³-hybridized carbons (Fsp3) is 0.133. The third-order valence-electron chi connectivity index (χ3n) is 2.91. The van der Waals surface area contributed by atoms with Gasteiger partial charge in [-0.15, -0.1) is 0 Å². The van der Waals surface area contributed by atoms with Crippen molar-refractivity contribution in [2.45, 2.75) is 12.8 Å². The van der Waals surface area contributed by atoms with E-state index in [-0.39, 0.29) is 29.5 Å². The summed E-state index contributed by atoms with van der Waals surface area (Å²) in [7, 11) is 0. The van der Waals surface area contributed by atoms with Crippen LogP contribution in [0.25, 0.3) is 0 Å². The Bertz CT molecular complexity index is 670. The van der Waals surface area contributed by atoms with Crippen LogP contribution in [0.2, 0.25) is 0 Å². The number of carbonyl (C=O) groups excluding carboxylic acids is 1. The molecule has 1 heterocycles. The average molecular weight is 286 g/mol. The number of pyridine rings is 1. The number of benzene rings is 1. The van der Waals surface area contributed by atoms with Gasteiger partial charge in [0.05, 0.1) is 0 Å². The molecule has 0 unspecified atom stereocenters. The molecule has 6 nitrogen and oxygen atoms in total. The van der Waals surface area contributed by atoms with Gasteiger partial charge < -0.3 is 15.5 Å². The Morgan fingerprint density at radius 1 is 1.14 bits per heavy atom. The van der Waals surface area contributed by atoms with Crippen molar-refractivity contribution in [2.24, 2.45) is 0 Å². The number of nitrogens with one attached hydrogen (secondary N) is 1. The average Bonchev–Trinajstić information content (AvgIpc) is 2.47. The number of aromatic nitrogens is 1. The molecule has 1 amide bonds. The maximum absolute atomic E-state index is 11.8. The number of nitrogens with zero attached hydrogens (tertiary/aromatic N) is 1. The highest BCUT2D eigenvalue weighted by molar-refractivity contribution is 5.99. The zero-order valence-corrected chi connectivity index (χ0v) is 11.1.